The molecule has 1 saturated heterocycles. The molecule has 0 bridgehead atoms. The van der Waals surface area contributed by atoms with Crippen molar-refractivity contribution < 1.29 is 14.3 Å². The second-order valence-corrected chi connectivity index (χ2v) is 6.81. The van der Waals surface area contributed by atoms with Gasteiger partial charge in [-0.2, -0.15) is 0 Å². The summed E-state index contributed by atoms with van der Waals surface area (Å²) in [4.78, 5) is 14.5. The van der Waals surface area contributed by atoms with Crippen molar-refractivity contribution in [3.05, 3.63) is 35.6 Å². The average molecular weight is 291 g/mol. The number of benzene rings is 1. The van der Waals surface area contributed by atoms with Crippen molar-refractivity contribution in [1.29, 1.82) is 0 Å². The average Bonchev–Trinajstić information content (AvgIpc) is 3.03. The van der Waals surface area contributed by atoms with E-state index >= 15 is 0 Å². The number of hydrogen-bond acceptors (Lipinski definition) is 2. The summed E-state index contributed by atoms with van der Waals surface area (Å²) in [6, 6.07) is 6.58. The molecular weight excluding hydrogens is 269 g/mol. The van der Waals surface area contributed by atoms with Crippen molar-refractivity contribution in [2.75, 3.05) is 6.54 Å². The topological polar surface area (TPSA) is 40.5 Å². The van der Waals surface area contributed by atoms with Crippen molar-refractivity contribution in [3.63, 3.8) is 0 Å². The van der Waals surface area contributed by atoms with Gasteiger partial charge < -0.3 is 10.0 Å². The molecule has 2 fully saturated rings. The van der Waals surface area contributed by atoms with Gasteiger partial charge in [0.05, 0.1) is 11.6 Å². The van der Waals surface area contributed by atoms with Crippen LogP contribution in [0.5, 0.6) is 0 Å². The van der Waals surface area contributed by atoms with Gasteiger partial charge in [-0.25, -0.2) is 4.39 Å². The molecule has 0 aromatic heterocycles. The van der Waals surface area contributed by atoms with Gasteiger partial charge in [0.2, 0.25) is 5.91 Å². The maximum atomic E-state index is 13.8. The Bertz CT molecular complexity index is 552. The molecule has 1 aromatic rings. The van der Waals surface area contributed by atoms with E-state index in [2.05, 4.69) is 0 Å². The third-order valence-corrected chi connectivity index (χ3v) is 4.76. The minimum atomic E-state index is -0.880. The maximum Gasteiger partial charge on any atom is 0.226 e. The molecule has 0 radical (unpaired) electrons. The molecule has 21 heavy (non-hydrogen) atoms. The van der Waals surface area contributed by atoms with E-state index in [0.29, 0.717) is 12.1 Å². The highest BCUT2D eigenvalue weighted by molar-refractivity contribution is 5.83. The fourth-order valence-corrected chi connectivity index (χ4v) is 3.57. The maximum absolute atomic E-state index is 13.8. The molecule has 1 heterocycles. The minimum absolute atomic E-state index is 0.00163. The van der Waals surface area contributed by atoms with Gasteiger partial charge >= 0.3 is 0 Å². The van der Waals surface area contributed by atoms with E-state index in [0.717, 1.165) is 19.3 Å². The highest BCUT2D eigenvalue weighted by atomic mass is 19.1. The third kappa shape index (κ3) is 2.69. The van der Waals surface area contributed by atoms with Crippen LogP contribution in [0.25, 0.3) is 0 Å². The number of rotatable bonds is 3. The van der Waals surface area contributed by atoms with E-state index < -0.39 is 5.60 Å². The number of carbonyl (C=O) groups is 1. The zero-order chi connectivity index (χ0) is 15.2. The van der Waals surface area contributed by atoms with Crippen molar-refractivity contribution >= 4 is 5.91 Å². The predicted octanol–water partition coefficient (Wildman–Crippen LogP) is 2.69. The van der Waals surface area contributed by atoms with E-state index in [1.807, 2.05) is 11.0 Å². The van der Waals surface area contributed by atoms with Crippen molar-refractivity contribution in [2.45, 2.75) is 50.7 Å². The van der Waals surface area contributed by atoms with Crippen molar-refractivity contribution in [2.24, 2.45) is 5.92 Å². The zero-order valence-corrected chi connectivity index (χ0v) is 12.6. The van der Waals surface area contributed by atoms with Gasteiger partial charge in [0.1, 0.15) is 5.82 Å². The summed E-state index contributed by atoms with van der Waals surface area (Å²) in [6.07, 6.45) is 2.48. The molecule has 3 nitrogen and oxygen atoms in total. The van der Waals surface area contributed by atoms with Gasteiger partial charge in [-0.3, -0.25) is 4.79 Å². The van der Waals surface area contributed by atoms with Gasteiger partial charge in [0.25, 0.3) is 0 Å². The molecule has 1 N–H and O–H groups in total. The van der Waals surface area contributed by atoms with E-state index in [1.165, 1.54) is 6.07 Å². The fraction of sp³-hybridized carbons (Fsp3) is 0.588. The number of halogens is 1. The molecule has 114 valence electrons. The number of carbonyl (C=O) groups excluding carboxylic acids is 1. The second kappa shape index (κ2) is 5.09. The Morgan fingerprint density at radius 3 is 2.76 bits per heavy atom. The number of aliphatic hydroxyl groups is 1. The monoisotopic (exact) mass is 291 g/mol. The lowest BCUT2D eigenvalue weighted by molar-refractivity contribution is -0.138. The third-order valence-electron chi connectivity index (χ3n) is 4.76. The summed E-state index contributed by atoms with van der Waals surface area (Å²) in [5.74, 6) is -0.266. The number of nitrogens with zero attached hydrogens (tertiary/aromatic N) is 1. The Hall–Kier alpha value is -1.42. The molecule has 3 rings (SSSR count). The van der Waals surface area contributed by atoms with Gasteiger partial charge in [0, 0.05) is 12.5 Å². The molecule has 1 saturated carbocycles. The van der Waals surface area contributed by atoms with E-state index in [1.54, 1.807) is 26.0 Å². The molecular formula is C17H22FNO2. The first-order valence-corrected chi connectivity index (χ1v) is 7.67. The van der Waals surface area contributed by atoms with Crippen LogP contribution in [0.3, 0.4) is 0 Å². The van der Waals surface area contributed by atoms with Crippen LogP contribution in [-0.4, -0.2) is 34.1 Å². The van der Waals surface area contributed by atoms with Gasteiger partial charge in [-0.15, -0.1) is 0 Å². The Kier molecular flexibility index (Phi) is 3.52. The Morgan fingerprint density at radius 1 is 1.38 bits per heavy atom. The van der Waals surface area contributed by atoms with Crippen molar-refractivity contribution in [3.8, 4) is 0 Å². The van der Waals surface area contributed by atoms with Crippen LogP contribution in [0.1, 0.15) is 44.6 Å². The van der Waals surface area contributed by atoms with Crippen LogP contribution < -0.4 is 0 Å². The fourth-order valence-electron chi connectivity index (χ4n) is 3.57. The largest absolute Gasteiger partial charge is 0.388 e. The van der Waals surface area contributed by atoms with Crippen molar-refractivity contribution in [1.82, 2.24) is 4.90 Å². The summed E-state index contributed by atoms with van der Waals surface area (Å²) in [6.45, 7) is 4.21. The summed E-state index contributed by atoms with van der Waals surface area (Å²) in [7, 11) is 0. The summed E-state index contributed by atoms with van der Waals surface area (Å²) < 4.78 is 13.8. The number of hydrogen-bond donors (Lipinski definition) is 1. The quantitative estimate of drug-likeness (QED) is 0.930. The lowest BCUT2D eigenvalue weighted by Crippen LogP contribution is -2.48. The molecule has 1 aliphatic carbocycles. The SMILES string of the molecule is CC(C)(O)C1CCCN1C(=O)C1CC1c1ccccc1F. The number of amides is 1. The van der Waals surface area contributed by atoms with Gasteiger partial charge in [-0.1, -0.05) is 18.2 Å². The highest BCUT2D eigenvalue weighted by Crippen LogP contribution is 2.50. The van der Waals surface area contributed by atoms with Gasteiger partial charge in [-0.05, 0) is 50.7 Å². The lowest BCUT2D eigenvalue weighted by atomic mass is 9.96. The lowest BCUT2D eigenvalue weighted by Gasteiger charge is -2.34. The van der Waals surface area contributed by atoms with Crippen LogP contribution in [0.2, 0.25) is 0 Å². The van der Waals surface area contributed by atoms with Crippen LogP contribution in [0, 0.1) is 11.7 Å². The Morgan fingerprint density at radius 2 is 2.10 bits per heavy atom. The first kappa shape index (κ1) is 14.5. The minimum Gasteiger partial charge on any atom is -0.388 e. The summed E-state index contributed by atoms with van der Waals surface area (Å²) in [5, 5.41) is 10.2. The van der Waals surface area contributed by atoms with E-state index in [-0.39, 0.29) is 29.6 Å². The molecule has 3 atom stereocenters. The summed E-state index contributed by atoms with van der Waals surface area (Å²) in [5.41, 5.74) is -0.232. The van der Waals surface area contributed by atoms with Gasteiger partial charge in [0.15, 0.2) is 0 Å². The highest BCUT2D eigenvalue weighted by Gasteiger charge is 2.50. The smallest absolute Gasteiger partial charge is 0.226 e. The van der Waals surface area contributed by atoms with Crippen LogP contribution in [-0.2, 0) is 4.79 Å². The zero-order valence-electron chi connectivity index (χ0n) is 12.6. The molecule has 1 aliphatic heterocycles. The first-order chi connectivity index (χ1) is 9.89. The molecule has 2 aliphatic rings. The first-order valence-electron chi connectivity index (χ1n) is 7.67. The molecule has 1 amide bonds. The standard InChI is InChI=1S/C17H22FNO2/c1-17(2,21)15-8-5-9-19(15)16(20)13-10-12(13)11-6-3-4-7-14(11)18/h3-4,6-7,12-13,15,21H,5,8-10H2,1-2H3. The molecule has 3 unspecified atom stereocenters. The van der Waals surface area contributed by atoms with E-state index in [9.17, 15) is 14.3 Å². The van der Waals surface area contributed by atoms with Crippen LogP contribution in [0.4, 0.5) is 4.39 Å². The normalized spacial score (nSPS) is 28.8. The molecule has 1 aromatic carbocycles. The molecule has 4 heteroatoms. The van der Waals surface area contributed by atoms with Crippen LogP contribution in [0.15, 0.2) is 24.3 Å². The second-order valence-electron chi connectivity index (χ2n) is 6.81. The molecule has 0 spiro atoms. The summed E-state index contributed by atoms with van der Waals surface area (Å²) >= 11 is 0. The predicted molar refractivity (Wildman–Crippen MR) is 78.3 cm³/mol. The van der Waals surface area contributed by atoms with E-state index in [4.69, 9.17) is 0 Å². The Labute approximate surface area is 124 Å². The number of likely N-dealkylation sites (tertiary alicyclic amines) is 1. The Balaban J connectivity index is 1.72. The van der Waals surface area contributed by atoms with Crippen LogP contribution >= 0.6 is 0 Å².